The normalized spacial score (nSPS) is 12.1. The van der Waals surface area contributed by atoms with E-state index in [1.54, 1.807) is 4.98 Å². The monoisotopic (exact) mass is 209 g/mol. The number of aromatic amines is 1. The molecule has 0 saturated carbocycles. The first-order valence-electron chi connectivity index (χ1n) is 3.72. The summed E-state index contributed by atoms with van der Waals surface area (Å²) in [4.78, 5) is 12.6. The van der Waals surface area contributed by atoms with Gasteiger partial charge in [-0.1, -0.05) is 6.07 Å². The molecule has 0 radical (unpaired) electrons. The first-order valence-corrected chi connectivity index (χ1v) is 3.72. The van der Waals surface area contributed by atoms with Crippen LogP contribution in [0.4, 0.5) is 17.6 Å². The highest BCUT2D eigenvalue weighted by atomic mass is 19.3. The van der Waals surface area contributed by atoms with E-state index in [0.717, 1.165) is 12.1 Å². The van der Waals surface area contributed by atoms with Gasteiger partial charge in [-0.3, -0.25) is 4.79 Å². The predicted octanol–water partition coefficient (Wildman–Crippen LogP) is 2.04. The molecule has 14 heavy (non-hydrogen) atoms. The summed E-state index contributed by atoms with van der Waals surface area (Å²) in [7, 11) is 0. The molecule has 0 atom stereocenters. The van der Waals surface area contributed by atoms with Crippen LogP contribution in [-0.2, 0) is 5.92 Å². The Morgan fingerprint density at radius 1 is 1.36 bits per heavy atom. The summed E-state index contributed by atoms with van der Waals surface area (Å²) in [5.41, 5.74) is -1.66. The Bertz CT molecular complexity index is 385. The molecule has 1 aromatic heterocycles. The van der Waals surface area contributed by atoms with Gasteiger partial charge in [0, 0.05) is 5.56 Å². The van der Waals surface area contributed by atoms with Gasteiger partial charge in [0.25, 0.3) is 5.56 Å². The third-order valence-electron chi connectivity index (χ3n) is 1.74. The number of pyridine rings is 1. The van der Waals surface area contributed by atoms with Crippen molar-refractivity contribution >= 4 is 0 Å². The molecule has 0 aliphatic rings. The number of hydrogen-bond acceptors (Lipinski definition) is 1. The van der Waals surface area contributed by atoms with Crippen molar-refractivity contribution in [1.29, 1.82) is 0 Å². The third kappa shape index (κ3) is 1.78. The highest BCUT2D eigenvalue weighted by Gasteiger charge is 2.43. The van der Waals surface area contributed by atoms with Crippen molar-refractivity contribution < 1.29 is 17.6 Å². The topological polar surface area (TPSA) is 32.9 Å². The Labute approximate surface area is 76.6 Å². The van der Waals surface area contributed by atoms with E-state index in [1.165, 1.54) is 6.92 Å². The second-order valence-corrected chi connectivity index (χ2v) is 2.81. The fourth-order valence-electron chi connectivity index (χ4n) is 0.859. The van der Waals surface area contributed by atoms with Crippen molar-refractivity contribution in [3.63, 3.8) is 0 Å². The van der Waals surface area contributed by atoms with E-state index in [1.807, 2.05) is 0 Å². The average Bonchev–Trinajstić information content (AvgIpc) is 2.09. The van der Waals surface area contributed by atoms with Crippen LogP contribution in [0.3, 0.4) is 0 Å². The van der Waals surface area contributed by atoms with Crippen molar-refractivity contribution in [2.45, 2.75) is 19.3 Å². The van der Waals surface area contributed by atoms with Crippen molar-refractivity contribution in [2.75, 3.05) is 0 Å². The maximum Gasteiger partial charge on any atom is 0.346 e. The van der Waals surface area contributed by atoms with Crippen LogP contribution in [0, 0.1) is 6.92 Å². The molecule has 0 bridgehead atoms. The molecular formula is C8H7F4NO. The quantitative estimate of drug-likeness (QED) is 0.743. The molecule has 1 N–H and O–H groups in total. The van der Waals surface area contributed by atoms with Gasteiger partial charge in [0.2, 0.25) is 0 Å². The minimum absolute atomic E-state index is 0.193. The Hall–Kier alpha value is -1.33. The third-order valence-corrected chi connectivity index (χ3v) is 1.74. The zero-order chi connectivity index (χ0) is 10.9. The number of aromatic nitrogens is 1. The maximum absolute atomic E-state index is 12.7. The molecule has 0 saturated heterocycles. The van der Waals surface area contributed by atoms with E-state index < -0.39 is 23.6 Å². The molecule has 0 aromatic carbocycles. The fourth-order valence-corrected chi connectivity index (χ4v) is 0.859. The summed E-state index contributed by atoms with van der Waals surface area (Å²) >= 11 is 0. The van der Waals surface area contributed by atoms with Crippen LogP contribution in [0.1, 0.15) is 11.3 Å². The largest absolute Gasteiger partial charge is 0.346 e. The molecule has 0 aliphatic carbocycles. The van der Waals surface area contributed by atoms with Crippen LogP contribution in [0.15, 0.2) is 16.9 Å². The van der Waals surface area contributed by atoms with Crippen LogP contribution < -0.4 is 5.56 Å². The second-order valence-electron chi connectivity index (χ2n) is 2.81. The first-order chi connectivity index (χ1) is 6.35. The summed E-state index contributed by atoms with van der Waals surface area (Å²) in [5.74, 6) is -4.31. The average molecular weight is 209 g/mol. The SMILES string of the molecule is Cc1ccc(C(F)(F)C(F)F)[nH]c1=O. The Morgan fingerprint density at radius 3 is 2.36 bits per heavy atom. The summed E-state index contributed by atoms with van der Waals surface area (Å²) < 4.78 is 49.1. The van der Waals surface area contributed by atoms with Crippen LogP contribution in [0.25, 0.3) is 0 Å². The lowest BCUT2D eigenvalue weighted by molar-refractivity contribution is -0.138. The van der Waals surface area contributed by atoms with E-state index in [0.29, 0.717) is 0 Å². The molecular weight excluding hydrogens is 202 g/mol. The number of aryl methyl sites for hydroxylation is 1. The zero-order valence-electron chi connectivity index (χ0n) is 7.15. The molecule has 0 aliphatic heterocycles. The number of hydrogen-bond donors (Lipinski definition) is 1. The lowest BCUT2D eigenvalue weighted by Gasteiger charge is -2.14. The van der Waals surface area contributed by atoms with Gasteiger partial charge in [-0.05, 0) is 13.0 Å². The van der Waals surface area contributed by atoms with Gasteiger partial charge >= 0.3 is 12.3 Å². The molecule has 1 heterocycles. The summed E-state index contributed by atoms with van der Waals surface area (Å²) in [6.45, 7) is 1.39. The fraction of sp³-hybridized carbons (Fsp3) is 0.375. The minimum atomic E-state index is -4.31. The highest BCUT2D eigenvalue weighted by Crippen LogP contribution is 2.32. The van der Waals surface area contributed by atoms with Crippen LogP contribution in [0.5, 0.6) is 0 Å². The molecule has 2 nitrogen and oxygen atoms in total. The van der Waals surface area contributed by atoms with E-state index in [2.05, 4.69) is 0 Å². The maximum atomic E-state index is 12.7. The van der Waals surface area contributed by atoms with Crippen molar-refractivity contribution in [2.24, 2.45) is 0 Å². The zero-order valence-corrected chi connectivity index (χ0v) is 7.15. The Morgan fingerprint density at radius 2 is 1.93 bits per heavy atom. The van der Waals surface area contributed by atoms with Gasteiger partial charge in [-0.15, -0.1) is 0 Å². The van der Waals surface area contributed by atoms with E-state index >= 15 is 0 Å². The summed E-state index contributed by atoms with van der Waals surface area (Å²) in [6, 6.07) is 1.85. The van der Waals surface area contributed by atoms with Gasteiger partial charge in [0.15, 0.2) is 0 Å². The second kappa shape index (κ2) is 3.43. The van der Waals surface area contributed by atoms with E-state index in [9.17, 15) is 22.4 Å². The van der Waals surface area contributed by atoms with Crippen molar-refractivity contribution in [3.05, 3.63) is 33.7 Å². The van der Waals surface area contributed by atoms with Gasteiger partial charge in [-0.2, -0.15) is 8.78 Å². The molecule has 6 heteroatoms. The molecule has 0 unspecified atom stereocenters. The Kier molecular flexibility index (Phi) is 2.64. The minimum Gasteiger partial charge on any atom is -0.320 e. The van der Waals surface area contributed by atoms with Crippen LogP contribution >= 0.6 is 0 Å². The van der Waals surface area contributed by atoms with Crippen LogP contribution in [-0.4, -0.2) is 11.4 Å². The lowest BCUT2D eigenvalue weighted by atomic mass is 10.2. The van der Waals surface area contributed by atoms with Gasteiger partial charge in [0.1, 0.15) is 0 Å². The number of nitrogens with one attached hydrogen (secondary N) is 1. The molecule has 0 amide bonds. The summed E-state index contributed by atoms with van der Waals surface area (Å²) in [6.07, 6.45) is -3.83. The Balaban J connectivity index is 3.21. The van der Waals surface area contributed by atoms with Gasteiger partial charge < -0.3 is 4.98 Å². The van der Waals surface area contributed by atoms with E-state index in [4.69, 9.17) is 0 Å². The molecule has 1 aromatic rings. The first kappa shape index (κ1) is 10.7. The number of H-pyrrole nitrogens is 1. The molecule has 78 valence electrons. The highest BCUT2D eigenvalue weighted by molar-refractivity contribution is 5.16. The van der Waals surface area contributed by atoms with Crippen molar-refractivity contribution in [3.8, 4) is 0 Å². The molecule has 1 rings (SSSR count). The standard InChI is InChI=1S/C8H7F4NO/c1-4-2-3-5(13-6(4)14)8(11,12)7(9)10/h2-3,7H,1H3,(H,13,14). The van der Waals surface area contributed by atoms with Gasteiger partial charge in [0.05, 0.1) is 5.69 Å². The predicted molar refractivity (Wildman–Crippen MR) is 41.7 cm³/mol. The lowest BCUT2D eigenvalue weighted by Crippen LogP contribution is -2.27. The number of alkyl halides is 4. The van der Waals surface area contributed by atoms with Crippen molar-refractivity contribution in [1.82, 2.24) is 4.98 Å². The summed E-state index contributed by atoms with van der Waals surface area (Å²) in [5, 5.41) is 0. The van der Waals surface area contributed by atoms with E-state index in [-0.39, 0.29) is 5.56 Å². The number of halogens is 4. The molecule has 0 fully saturated rings. The number of rotatable bonds is 2. The smallest absolute Gasteiger partial charge is 0.320 e. The van der Waals surface area contributed by atoms with Gasteiger partial charge in [-0.25, -0.2) is 8.78 Å². The van der Waals surface area contributed by atoms with Crippen LogP contribution in [0.2, 0.25) is 0 Å². The molecule has 0 spiro atoms.